The zero-order chi connectivity index (χ0) is 10.8. The van der Waals surface area contributed by atoms with Crippen molar-refractivity contribution < 1.29 is 9.53 Å². The molecule has 0 aromatic carbocycles. The van der Waals surface area contributed by atoms with E-state index in [1.165, 1.54) is 32.2 Å². The van der Waals surface area contributed by atoms with Crippen LogP contribution in [0.4, 0.5) is 0 Å². The lowest BCUT2D eigenvalue weighted by molar-refractivity contribution is -0.131. The Morgan fingerprint density at radius 1 is 1.50 bits per heavy atom. The van der Waals surface area contributed by atoms with E-state index in [9.17, 15) is 4.79 Å². The van der Waals surface area contributed by atoms with Gasteiger partial charge in [-0.15, -0.1) is 0 Å². The van der Waals surface area contributed by atoms with Crippen LogP contribution in [0.25, 0.3) is 0 Å². The zero-order valence-corrected chi connectivity index (χ0v) is 9.58. The molecule has 1 aliphatic heterocycles. The molecule has 0 saturated carbocycles. The quantitative estimate of drug-likeness (QED) is 0.711. The van der Waals surface area contributed by atoms with Crippen molar-refractivity contribution in [3.05, 3.63) is 0 Å². The maximum absolute atomic E-state index is 9.39. The summed E-state index contributed by atoms with van der Waals surface area (Å²) in [6.07, 6.45) is 5.56. The number of hydrogen-bond donors (Lipinski definition) is 1. The highest BCUT2D eigenvalue weighted by molar-refractivity contribution is 5.37. The monoisotopic (exact) mass is 201 g/mol. The fourth-order valence-electron chi connectivity index (χ4n) is 1.38. The Morgan fingerprint density at radius 2 is 2.21 bits per heavy atom. The van der Waals surface area contributed by atoms with E-state index in [1.807, 2.05) is 0 Å². The zero-order valence-electron chi connectivity index (χ0n) is 9.58. The molecule has 0 aromatic rings. The molecule has 1 aliphatic rings. The van der Waals surface area contributed by atoms with Crippen LogP contribution in [0.5, 0.6) is 0 Å². The third-order valence-corrected chi connectivity index (χ3v) is 2.23. The second-order valence-electron chi connectivity index (χ2n) is 3.84. The molecule has 1 atom stereocenters. The van der Waals surface area contributed by atoms with Crippen LogP contribution in [0.2, 0.25) is 0 Å². The number of rotatable bonds is 3. The van der Waals surface area contributed by atoms with Crippen LogP contribution in [0.15, 0.2) is 0 Å². The smallest absolute Gasteiger partial charge is 0.293 e. The third-order valence-electron chi connectivity index (χ3n) is 2.23. The molecular weight excluding hydrogens is 178 g/mol. The average Bonchev–Trinajstić information content (AvgIpc) is 2.20. The lowest BCUT2D eigenvalue weighted by Gasteiger charge is -2.21. The van der Waals surface area contributed by atoms with Gasteiger partial charge in [-0.1, -0.05) is 13.3 Å². The van der Waals surface area contributed by atoms with E-state index in [0.29, 0.717) is 6.47 Å². The summed E-state index contributed by atoms with van der Waals surface area (Å²) in [4.78, 5) is 9.39. The fourth-order valence-corrected chi connectivity index (χ4v) is 1.38. The summed E-state index contributed by atoms with van der Waals surface area (Å²) in [7, 11) is 0. The normalized spacial score (nSPS) is 21.0. The molecule has 3 heteroatoms. The number of carbonyl (C=O) groups excluding carboxylic acids is 1. The summed E-state index contributed by atoms with van der Waals surface area (Å²) in [6, 6.07) is 0.837. The molecule has 1 saturated heterocycles. The minimum atomic E-state index is 0.0301. The third kappa shape index (κ3) is 8.05. The second kappa shape index (κ2) is 9.00. The highest BCUT2D eigenvalue weighted by atomic mass is 16.5. The van der Waals surface area contributed by atoms with Gasteiger partial charge >= 0.3 is 0 Å². The predicted molar refractivity (Wildman–Crippen MR) is 58.2 cm³/mol. The van der Waals surface area contributed by atoms with Crippen molar-refractivity contribution in [2.24, 2.45) is 0 Å². The number of piperidine rings is 1. The Balaban J connectivity index is 0.000000255. The molecule has 0 spiro atoms. The highest BCUT2D eigenvalue weighted by Gasteiger charge is 2.08. The lowest BCUT2D eigenvalue weighted by atomic mass is 10.0. The molecule has 0 aromatic heterocycles. The molecular formula is C11H23NO2. The Kier molecular flexibility index (Phi) is 8.64. The minimum absolute atomic E-state index is 0.0301. The van der Waals surface area contributed by atoms with Gasteiger partial charge in [-0.2, -0.15) is 0 Å². The average molecular weight is 201 g/mol. The Hall–Kier alpha value is -0.570. The first-order chi connectivity index (χ1) is 6.70. The van der Waals surface area contributed by atoms with Gasteiger partial charge in [0.1, 0.15) is 0 Å². The van der Waals surface area contributed by atoms with Crippen LogP contribution >= 0.6 is 0 Å². The predicted octanol–water partition coefficient (Wildman–Crippen LogP) is 2.11. The fraction of sp³-hybridized carbons (Fsp3) is 0.909. The molecule has 0 amide bonds. The molecule has 84 valence electrons. The van der Waals surface area contributed by atoms with E-state index in [0.717, 1.165) is 6.04 Å². The van der Waals surface area contributed by atoms with Gasteiger partial charge in [-0.3, -0.25) is 4.79 Å². The van der Waals surface area contributed by atoms with Gasteiger partial charge in [0.05, 0.1) is 6.10 Å². The molecule has 0 bridgehead atoms. The van der Waals surface area contributed by atoms with E-state index in [4.69, 9.17) is 0 Å². The van der Waals surface area contributed by atoms with E-state index < -0.39 is 0 Å². The molecule has 14 heavy (non-hydrogen) atoms. The van der Waals surface area contributed by atoms with Gasteiger partial charge in [0.15, 0.2) is 0 Å². The van der Waals surface area contributed by atoms with Crippen LogP contribution in [-0.2, 0) is 9.53 Å². The van der Waals surface area contributed by atoms with Crippen molar-refractivity contribution in [2.45, 2.75) is 58.6 Å². The topological polar surface area (TPSA) is 38.3 Å². The van der Waals surface area contributed by atoms with Crippen LogP contribution in [0.1, 0.15) is 46.5 Å². The number of nitrogens with one attached hydrogen (secondary N) is 1. The molecule has 1 heterocycles. The molecule has 0 aliphatic carbocycles. The van der Waals surface area contributed by atoms with Crippen molar-refractivity contribution in [3.63, 3.8) is 0 Å². The van der Waals surface area contributed by atoms with Gasteiger partial charge < -0.3 is 10.1 Å². The molecule has 1 N–H and O–H groups in total. The van der Waals surface area contributed by atoms with E-state index in [2.05, 4.69) is 17.0 Å². The van der Waals surface area contributed by atoms with E-state index in [1.54, 1.807) is 13.8 Å². The van der Waals surface area contributed by atoms with Crippen LogP contribution in [0.3, 0.4) is 0 Å². The Morgan fingerprint density at radius 3 is 2.43 bits per heavy atom. The molecule has 0 radical (unpaired) electrons. The largest absolute Gasteiger partial charge is 0.465 e. The maximum atomic E-state index is 9.39. The van der Waals surface area contributed by atoms with E-state index >= 15 is 0 Å². The van der Waals surface area contributed by atoms with Crippen molar-refractivity contribution in [1.29, 1.82) is 0 Å². The van der Waals surface area contributed by atoms with Gasteiger partial charge in [0.2, 0.25) is 0 Å². The molecule has 3 nitrogen and oxygen atoms in total. The summed E-state index contributed by atoms with van der Waals surface area (Å²) >= 11 is 0. The summed E-state index contributed by atoms with van der Waals surface area (Å²) in [5.74, 6) is 0. The molecule has 1 rings (SSSR count). The summed E-state index contributed by atoms with van der Waals surface area (Å²) in [6.45, 7) is 7.55. The number of ether oxygens (including phenoxy) is 1. The highest BCUT2D eigenvalue weighted by Crippen LogP contribution is 2.08. The summed E-state index contributed by atoms with van der Waals surface area (Å²) in [5, 5.41) is 3.47. The first-order valence-electron chi connectivity index (χ1n) is 5.53. The first kappa shape index (κ1) is 13.4. The SMILES string of the molecule is CC(C)OC=O.CCC1CCCCN1. The van der Waals surface area contributed by atoms with Gasteiger partial charge in [-0.25, -0.2) is 0 Å². The van der Waals surface area contributed by atoms with Crippen LogP contribution in [0, 0.1) is 0 Å². The molecule has 1 unspecified atom stereocenters. The van der Waals surface area contributed by atoms with Crippen molar-refractivity contribution in [2.75, 3.05) is 6.54 Å². The maximum Gasteiger partial charge on any atom is 0.293 e. The number of carbonyl (C=O) groups is 1. The van der Waals surface area contributed by atoms with Crippen molar-refractivity contribution in [3.8, 4) is 0 Å². The van der Waals surface area contributed by atoms with E-state index in [-0.39, 0.29) is 6.10 Å². The first-order valence-corrected chi connectivity index (χ1v) is 5.53. The Labute approximate surface area is 87.2 Å². The standard InChI is InChI=1S/C7H15N.C4H8O2/c1-2-7-5-3-4-6-8-7;1-4(2)6-3-5/h7-8H,2-6H2,1H3;3-4H,1-2H3. The minimum Gasteiger partial charge on any atom is -0.465 e. The summed E-state index contributed by atoms with van der Waals surface area (Å²) < 4.78 is 4.36. The number of hydrogen-bond acceptors (Lipinski definition) is 3. The van der Waals surface area contributed by atoms with Gasteiger partial charge in [0, 0.05) is 6.04 Å². The lowest BCUT2D eigenvalue weighted by Crippen LogP contribution is -2.32. The summed E-state index contributed by atoms with van der Waals surface area (Å²) in [5.41, 5.74) is 0. The van der Waals surface area contributed by atoms with Crippen LogP contribution < -0.4 is 5.32 Å². The Bertz CT molecular complexity index is 131. The van der Waals surface area contributed by atoms with Gasteiger partial charge in [-0.05, 0) is 39.7 Å². The molecule has 1 fully saturated rings. The second-order valence-corrected chi connectivity index (χ2v) is 3.84. The van der Waals surface area contributed by atoms with Crippen LogP contribution in [-0.4, -0.2) is 25.2 Å². The van der Waals surface area contributed by atoms with Crippen molar-refractivity contribution in [1.82, 2.24) is 5.32 Å². The van der Waals surface area contributed by atoms with Gasteiger partial charge in [0.25, 0.3) is 6.47 Å². The van der Waals surface area contributed by atoms with Crippen molar-refractivity contribution >= 4 is 6.47 Å².